The highest BCUT2D eigenvalue weighted by molar-refractivity contribution is 5.35. The van der Waals surface area contributed by atoms with Crippen LogP contribution >= 0.6 is 0 Å². The van der Waals surface area contributed by atoms with Crippen molar-refractivity contribution in [3.8, 4) is 5.75 Å². The molecule has 0 aliphatic carbocycles. The second kappa shape index (κ2) is 8.16. The van der Waals surface area contributed by atoms with Crippen LogP contribution in [0, 0.1) is 11.7 Å². The minimum Gasteiger partial charge on any atom is -0.493 e. The molecule has 0 spiro atoms. The zero-order valence-electron chi connectivity index (χ0n) is 12.2. The van der Waals surface area contributed by atoms with Gasteiger partial charge in [0.15, 0.2) is 0 Å². The standard InChI is InChI=1S/C16H25FO2/c1-4-6-7-13(5-2)11-19-16-10-14(17)8-9-15(16)12(3)18/h8-10,12-13,18H,4-7,11H2,1-3H3. The minimum absolute atomic E-state index is 0.332. The number of hydrogen-bond donors (Lipinski definition) is 1. The summed E-state index contributed by atoms with van der Waals surface area (Å²) in [6.07, 6.45) is 3.90. The second-order valence-corrected chi connectivity index (χ2v) is 5.09. The van der Waals surface area contributed by atoms with E-state index in [9.17, 15) is 9.50 Å². The Balaban J connectivity index is 2.67. The van der Waals surface area contributed by atoms with Gasteiger partial charge in [0.1, 0.15) is 11.6 Å². The predicted molar refractivity (Wildman–Crippen MR) is 75.8 cm³/mol. The third-order valence-electron chi connectivity index (χ3n) is 3.44. The van der Waals surface area contributed by atoms with Crippen LogP contribution in [0.25, 0.3) is 0 Å². The Bertz CT molecular complexity index is 377. The van der Waals surface area contributed by atoms with Crippen LogP contribution in [0.2, 0.25) is 0 Å². The summed E-state index contributed by atoms with van der Waals surface area (Å²) in [6.45, 7) is 6.56. The minimum atomic E-state index is -0.647. The van der Waals surface area contributed by atoms with Gasteiger partial charge in [-0.2, -0.15) is 0 Å². The van der Waals surface area contributed by atoms with Gasteiger partial charge in [0.05, 0.1) is 12.7 Å². The van der Waals surface area contributed by atoms with Crippen LogP contribution in [0.4, 0.5) is 4.39 Å². The number of benzene rings is 1. The van der Waals surface area contributed by atoms with Gasteiger partial charge in [-0.1, -0.05) is 33.1 Å². The maximum absolute atomic E-state index is 13.3. The van der Waals surface area contributed by atoms with Crippen LogP contribution < -0.4 is 4.74 Å². The quantitative estimate of drug-likeness (QED) is 0.753. The third kappa shape index (κ3) is 5.19. The molecule has 0 heterocycles. The molecule has 0 aliphatic heterocycles. The molecule has 0 aliphatic rings. The molecule has 0 bridgehead atoms. The van der Waals surface area contributed by atoms with Crippen LogP contribution in [0.5, 0.6) is 5.75 Å². The molecule has 0 radical (unpaired) electrons. The summed E-state index contributed by atoms with van der Waals surface area (Å²) >= 11 is 0. The van der Waals surface area contributed by atoms with E-state index in [0.717, 1.165) is 12.8 Å². The number of hydrogen-bond acceptors (Lipinski definition) is 2. The molecule has 1 rings (SSSR count). The molecule has 1 aromatic carbocycles. The summed E-state index contributed by atoms with van der Waals surface area (Å²) in [6, 6.07) is 4.29. The van der Waals surface area contributed by atoms with Crippen LogP contribution in [-0.4, -0.2) is 11.7 Å². The summed E-state index contributed by atoms with van der Waals surface area (Å²) < 4.78 is 19.0. The molecular formula is C16H25FO2. The Labute approximate surface area is 115 Å². The lowest BCUT2D eigenvalue weighted by Crippen LogP contribution is -2.12. The van der Waals surface area contributed by atoms with Crippen molar-refractivity contribution in [2.45, 2.75) is 52.6 Å². The van der Waals surface area contributed by atoms with E-state index in [1.165, 1.54) is 25.0 Å². The smallest absolute Gasteiger partial charge is 0.128 e. The van der Waals surface area contributed by atoms with Crippen LogP contribution in [0.1, 0.15) is 58.1 Å². The lowest BCUT2D eigenvalue weighted by molar-refractivity contribution is 0.183. The molecule has 2 nitrogen and oxygen atoms in total. The number of rotatable bonds is 8. The van der Waals surface area contributed by atoms with E-state index < -0.39 is 6.10 Å². The lowest BCUT2D eigenvalue weighted by Gasteiger charge is -2.18. The number of ether oxygens (including phenoxy) is 1. The Morgan fingerprint density at radius 1 is 1.32 bits per heavy atom. The van der Waals surface area contributed by atoms with Gasteiger partial charge in [-0.05, 0) is 31.4 Å². The van der Waals surface area contributed by atoms with Crippen LogP contribution in [0.3, 0.4) is 0 Å². The van der Waals surface area contributed by atoms with Gasteiger partial charge in [0.2, 0.25) is 0 Å². The van der Waals surface area contributed by atoms with Crippen molar-refractivity contribution in [3.63, 3.8) is 0 Å². The highest BCUT2D eigenvalue weighted by Gasteiger charge is 2.13. The summed E-state index contributed by atoms with van der Waals surface area (Å²) in [4.78, 5) is 0. The van der Waals surface area contributed by atoms with Gasteiger partial charge < -0.3 is 9.84 Å². The molecule has 0 saturated heterocycles. The molecule has 3 heteroatoms. The molecule has 1 aromatic rings. The van der Waals surface area contributed by atoms with Crippen molar-refractivity contribution in [2.75, 3.05) is 6.61 Å². The van der Waals surface area contributed by atoms with Gasteiger partial charge in [-0.15, -0.1) is 0 Å². The molecule has 0 fully saturated rings. The van der Waals surface area contributed by atoms with Crippen molar-refractivity contribution < 1.29 is 14.2 Å². The zero-order chi connectivity index (χ0) is 14.3. The molecule has 2 atom stereocenters. The molecule has 0 aromatic heterocycles. The number of unbranched alkanes of at least 4 members (excludes halogenated alkanes) is 1. The summed E-state index contributed by atoms with van der Waals surface area (Å²) in [5, 5.41) is 9.66. The van der Waals surface area contributed by atoms with Gasteiger partial charge in [-0.3, -0.25) is 0 Å². The Morgan fingerprint density at radius 2 is 2.05 bits per heavy atom. The highest BCUT2D eigenvalue weighted by atomic mass is 19.1. The van der Waals surface area contributed by atoms with E-state index >= 15 is 0 Å². The first kappa shape index (κ1) is 16.0. The summed E-state index contributed by atoms with van der Waals surface area (Å²) in [5.41, 5.74) is 0.645. The van der Waals surface area contributed by atoms with Gasteiger partial charge in [-0.25, -0.2) is 4.39 Å². The normalized spacial score (nSPS) is 14.2. The molecular weight excluding hydrogens is 243 g/mol. The Morgan fingerprint density at radius 3 is 2.63 bits per heavy atom. The topological polar surface area (TPSA) is 29.5 Å². The fraction of sp³-hybridized carbons (Fsp3) is 0.625. The maximum atomic E-state index is 13.3. The third-order valence-corrected chi connectivity index (χ3v) is 3.44. The van der Waals surface area contributed by atoms with Crippen LogP contribution in [-0.2, 0) is 0 Å². The van der Waals surface area contributed by atoms with Crippen molar-refractivity contribution in [3.05, 3.63) is 29.6 Å². The molecule has 1 N–H and O–H groups in total. The SMILES string of the molecule is CCCCC(CC)COc1cc(F)ccc1C(C)O. The van der Waals surface area contributed by atoms with E-state index in [0.29, 0.717) is 23.8 Å². The Hall–Kier alpha value is -1.09. The van der Waals surface area contributed by atoms with Gasteiger partial charge in [0.25, 0.3) is 0 Å². The van der Waals surface area contributed by atoms with Crippen molar-refractivity contribution in [1.29, 1.82) is 0 Å². The fourth-order valence-corrected chi connectivity index (χ4v) is 2.08. The second-order valence-electron chi connectivity index (χ2n) is 5.09. The van der Waals surface area contributed by atoms with Gasteiger partial charge in [0, 0.05) is 11.6 Å². The average molecular weight is 268 g/mol. The average Bonchev–Trinajstić information content (AvgIpc) is 2.38. The first-order chi connectivity index (χ1) is 9.08. The first-order valence-corrected chi connectivity index (χ1v) is 7.18. The van der Waals surface area contributed by atoms with Crippen molar-refractivity contribution >= 4 is 0 Å². The largest absolute Gasteiger partial charge is 0.493 e. The van der Waals surface area contributed by atoms with E-state index in [1.807, 2.05) is 0 Å². The number of aliphatic hydroxyl groups is 1. The zero-order valence-corrected chi connectivity index (χ0v) is 12.2. The molecule has 0 amide bonds. The van der Waals surface area contributed by atoms with E-state index in [4.69, 9.17) is 4.74 Å². The van der Waals surface area contributed by atoms with Crippen LogP contribution in [0.15, 0.2) is 18.2 Å². The first-order valence-electron chi connectivity index (χ1n) is 7.18. The molecule has 0 saturated carbocycles. The number of aliphatic hydroxyl groups excluding tert-OH is 1. The fourth-order valence-electron chi connectivity index (χ4n) is 2.08. The van der Waals surface area contributed by atoms with Gasteiger partial charge >= 0.3 is 0 Å². The molecule has 2 unspecified atom stereocenters. The summed E-state index contributed by atoms with van der Waals surface area (Å²) in [5.74, 6) is 0.621. The molecule has 108 valence electrons. The number of halogens is 1. The van der Waals surface area contributed by atoms with E-state index in [-0.39, 0.29) is 5.82 Å². The summed E-state index contributed by atoms with van der Waals surface area (Å²) in [7, 11) is 0. The van der Waals surface area contributed by atoms with Crippen molar-refractivity contribution in [2.24, 2.45) is 5.92 Å². The van der Waals surface area contributed by atoms with E-state index in [2.05, 4.69) is 13.8 Å². The lowest BCUT2D eigenvalue weighted by atomic mass is 10.0. The Kier molecular flexibility index (Phi) is 6.85. The molecule has 19 heavy (non-hydrogen) atoms. The van der Waals surface area contributed by atoms with Crippen molar-refractivity contribution in [1.82, 2.24) is 0 Å². The monoisotopic (exact) mass is 268 g/mol. The predicted octanol–water partition coefficient (Wildman–Crippen LogP) is 4.47. The maximum Gasteiger partial charge on any atom is 0.128 e. The highest BCUT2D eigenvalue weighted by Crippen LogP contribution is 2.27. The van der Waals surface area contributed by atoms with E-state index in [1.54, 1.807) is 13.0 Å².